The van der Waals surface area contributed by atoms with Crippen molar-refractivity contribution in [3.8, 4) is 21.9 Å². The number of anilines is 1. The van der Waals surface area contributed by atoms with E-state index in [1.54, 1.807) is 18.3 Å². The molecular weight excluding hydrogens is 633 g/mol. The van der Waals surface area contributed by atoms with Gasteiger partial charge in [0.05, 0.1) is 38.3 Å². The van der Waals surface area contributed by atoms with E-state index in [-0.39, 0.29) is 23.6 Å². The van der Waals surface area contributed by atoms with Gasteiger partial charge in [-0.3, -0.25) is 9.97 Å². The Labute approximate surface area is 278 Å². The van der Waals surface area contributed by atoms with Crippen LogP contribution < -0.4 is 5.32 Å². The average molecular weight is 671 g/mol. The zero-order valence-corrected chi connectivity index (χ0v) is 28.5. The van der Waals surface area contributed by atoms with E-state index in [4.69, 9.17) is 19.1 Å². The lowest BCUT2D eigenvalue weighted by atomic mass is 9.89. The minimum absolute atomic E-state index is 0.0418. The number of sulfone groups is 1. The van der Waals surface area contributed by atoms with Crippen molar-refractivity contribution in [3.63, 3.8) is 0 Å². The maximum atomic E-state index is 14.1. The van der Waals surface area contributed by atoms with Crippen LogP contribution in [0.4, 0.5) is 5.82 Å². The van der Waals surface area contributed by atoms with Gasteiger partial charge in [0, 0.05) is 54.6 Å². The second-order valence-electron chi connectivity index (χ2n) is 13.3. The maximum Gasteiger partial charge on any atom is 0.250 e. The van der Waals surface area contributed by atoms with Crippen molar-refractivity contribution in [2.24, 2.45) is 11.8 Å². The zero-order valence-electron chi connectivity index (χ0n) is 26.8. The number of thiophene rings is 1. The van der Waals surface area contributed by atoms with Gasteiger partial charge in [-0.05, 0) is 79.5 Å². The highest BCUT2D eigenvalue weighted by Crippen LogP contribution is 2.51. The first-order valence-electron chi connectivity index (χ1n) is 16.5. The molecule has 2 unspecified atom stereocenters. The first-order valence-corrected chi connectivity index (χ1v) is 19.0. The van der Waals surface area contributed by atoms with E-state index >= 15 is 0 Å². The van der Waals surface area contributed by atoms with Crippen LogP contribution in [0.2, 0.25) is 0 Å². The van der Waals surface area contributed by atoms with Crippen LogP contribution in [-0.2, 0) is 27.4 Å². The highest BCUT2D eigenvalue weighted by Gasteiger charge is 2.43. The summed E-state index contributed by atoms with van der Waals surface area (Å²) >= 11 is 1.55. The lowest BCUT2D eigenvalue weighted by molar-refractivity contribution is 0.0639. The molecule has 0 spiro atoms. The number of hydrogen-bond donors (Lipinski definition) is 1. The molecule has 1 N–H and O–H groups in total. The number of aryl methyl sites for hydroxylation is 3. The molecular formula is C35H38N6O4S2. The Kier molecular flexibility index (Phi) is 7.84. The van der Waals surface area contributed by atoms with Crippen LogP contribution in [-0.4, -0.2) is 52.5 Å². The van der Waals surface area contributed by atoms with E-state index in [2.05, 4.69) is 46.5 Å². The minimum atomic E-state index is -3.65. The summed E-state index contributed by atoms with van der Waals surface area (Å²) in [5.41, 5.74) is 5.07. The highest BCUT2D eigenvalue weighted by atomic mass is 32.2. The van der Waals surface area contributed by atoms with E-state index in [9.17, 15) is 8.42 Å². The number of ether oxygens (including phenoxy) is 1. The van der Waals surface area contributed by atoms with Crippen molar-refractivity contribution in [1.82, 2.24) is 25.1 Å². The third kappa shape index (κ3) is 5.53. The van der Waals surface area contributed by atoms with Gasteiger partial charge < -0.3 is 14.5 Å². The van der Waals surface area contributed by atoms with Crippen molar-refractivity contribution >= 4 is 37.1 Å². The van der Waals surface area contributed by atoms with E-state index in [0.717, 1.165) is 77.5 Å². The maximum absolute atomic E-state index is 14.1. The Balaban J connectivity index is 1.31. The average Bonchev–Trinajstić information content (AvgIpc) is 3.85. The topological polar surface area (TPSA) is 133 Å². The van der Waals surface area contributed by atoms with Gasteiger partial charge in [0.2, 0.25) is 11.8 Å². The Morgan fingerprint density at radius 1 is 1.06 bits per heavy atom. The van der Waals surface area contributed by atoms with Crippen LogP contribution in [0.1, 0.15) is 80.0 Å². The fraction of sp³-hybridized carbons (Fsp3) is 0.457. The SMILES string of the molecule is Cc1nnc(-c2c(CCC3CCOCC3)nc3c(c2-c2cc4ccnc(NC5CCc6ncccc65)c4s2)S(=O)(=O)CC3C(C)C)o1. The molecule has 0 radical (unpaired) electrons. The minimum Gasteiger partial charge on any atom is -0.421 e. The van der Waals surface area contributed by atoms with E-state index < -0.39 is 9.84 Å². The number of nitrogens with zero attached hydrogens (tertiary/aromatic N) is 5. The third-order valence-electron chi connectivity index (χ3n) is 9.95. The van der Waals surface area contributed by atoms with Crippen molar-refractivity contribution in [3.05, 3.63) is 65.2 Å². The van der Waals surface area contributed by atoms with Crippen LogP contribution in [0.3, 0.4) is 0 Å². The fourth-order valence-electron chi connectivity index (χ4n) is 7.45. The number of pyridine rings is 3. The van der Waals surface area contributed by atoms with E-state index in [0.29, 0.717) is 45.8 Å². The highest BCUT2D eigenvalue weighted by molar-refractivity contribution is 7.92. The summed E-state index contributed by atoms with van der Waals surface area (Å²) in [5.74, 6) is 1.98. The molecule has 0 amide bonds. The van der Waals surface area contributed by atoms with Crippen LogP contribution in [0.5, 0.6) is 0 Å². The summed E-state index contributed by atoms with van der Waals surface area (Å²) in [6, 6.07) is 8.28. The van der Waals surface area contributed by atoms with Gasteiger partial charge in [-0.1, -0.05) is 19.9 Å². The molecule has 12 heteroatoms. The summed E-state index contributed by atoms with van der Waals surface area (Å²) in [4.78, 5) is 15.7. The molecule has 10 nitrogen and oxygen atoms in total. The first kappa shape index (κ1) is 30.6. The third-order valence-corrected chi connectivity index (χ3v) is 13.0. The monoisotopic (exact) mass is 670 g/mol. The molecule has 7 heterocycles. The molecule has 2 atom stereocenters. The number of rotatable bonds is 8. The Morgan fingerprint density at radius 3 is 2.70 bits per heavy atom. The zero-order chi connectivity index (χ0) is 32.3. The van der Waals surface area contributed by atoms with Crippen molar-refractivity contribution in [2.75, 3.05) is 24.3 Å². The molecule has 5 aromatic rings. The van der Waals surface area contributed by atoms with Gasteiger partial charge in [-0.25, -0.2) is 13.4 Å². The molecule has 0 bridgehead atoms. The Morgan fingerprint density at radius 2 is 1.91 bits per heavy atom. The smallest absolute Gasteiger partial charge is 0.250 e. The molecule has 8 rings (SSSR count). The van der Waals surface area contributed by atoms with Crippen LogP contribution in [0.15, 0.2) is 46.0 Å². The number of aromatic nitrogens is 5. The number of nitrogens with one attached hydrogen (secondary N) is 1. The van der Waals surface area contributed by atoms with Gasteiger partial charge in [-0.2, -0.15) is 0 Å². The molecule has 1 saturated heterocycles. The Bertz CT molecular complexity index is 2080. The normalized spacial score (nSPS) is 20.6. The van der Waals surface area contributed by atoms with Gasteiger partial charge in [0.1, 0.15) is 5.82 Å². The van der Waals surface area contributed by atoms with Crippen molar-refractivity contribution in [1.29, 1.82) is 0 Å². The van der Waals surface area contributed by atoms with Crippen molar-refractivity contribution in [2.45, 2.75) is 76.2 Å². The number of fused-ring (bicyclic) bond motifs is 3. The van der Waals surface area contributed by atoms with Gasteiger partial charge in [-0.15, -0.1) is 21.5 Å². The summed E-state index contributed by atoms with van der Waals surface area (Å²) in [5, 5.41) is 13.3. The van der Waals surface area contributed by atoms with Crippen LogP contribution >= 0.6 is 11.3 Å². The molecule has 5 aromatic heterocycles. The summed E-state index contributed by atoms with van der Waals surface area (Å²) in [7, 11) is -3.65. The molecule has 0 aromatic carbocycles. The largest absolute Gasteiger partial charge is 0.421 e. The lowest BCUT2D eigenvalue weighted by Gasteiger charge is -2.23. The van der Waals surface area contributed by atoms with E-state index in [1.807, 2.05) is 24.5 Å². The predicted octanol–water partition coefficient (Wildman–Crippen LogP) is 7.10. The summed E-state index contributed by atoms with van der Waals surface area (Å²) in [6.07, 6.45) is 9.14. The second kappa shape index (κ2) is 12.1. The molecule has 1 aliphatic carbocycles. The molecule has 1 fully saturated rings. The standard InChI is InChI=1S/C35H38N6O4S2/c1-19(2)24-18-47(42,43)33-30(29(35-41-40-20(3)45-35)27(38-31(24)33)7-6-21-11-15-44-16-12-21)28-17-22-10-14-37-34(32(22)46-28)39-26-9-8-25-23(26)5-4-13-36-25/h4-5,10,13-14,17,19,21,24,26H,6-9,11-12,15-16,18H2,1-3H3,(H,37,39). The Hall–Kier alpha value is -3.74. The second-order valence-corrected chi connectivity index (χ2v) is 16.4. The summed E-state index contributed by atoms with van der Waals surface area (Å²) in [6.45, 7) is 7.45. The molecule has 47 heavy (non-hydrogen) atoms. The molecule has 244 valence electrons. The molecule has 2 aliphatic heterocycles. The van der Waals surface area contributed by atoms with Gasteiger partial charge >= 0.3 is 0 Å². The summed E-state index contributed by atoms with van der Waals surface area (Å²) < 4.78 is 41.0. The molecule has 0 saturated carbocycles. The van der Waals surface area contributed by atoms with Gasteiger partial charge in [0.15, 0.2) is 9.84 Å². The first-order chi connectivity index (χ1) is 22.8. The fourth-order valence-corrected chi connectivity index (χ4v) is 10.9. The van der Waals surface area contributed by atoms with E-state index in [1.165, 1.54) is 5.56 Å². The quantitative estimate of drug-likeness (QED) is 0.182. The molecule has 3 aliphatic rings. The van der Waals surface area contributed by atoms with Crippen LogP contribution in [0, 0.1) is 18.8 Å². The number of hydrogen-bond acceptors (Lipinski definition) is 11. The van der Waals surface area contributed by atoms with Crippen molar-refractivity contribution < 1.29 is 17.6 Å². The van der Waals surface area contributed by atoms with Crippen LogP contribution in [0.25, 0.3) is 32.0 Å². The van der Waals surface area contributed by atoms with Gasteiger partial charge in [0.25, 0.3) is 0 Å². The lowest BCUT2D eigenvalue weighted by Crippen LogP contribution is -2.17. The predicted molar refractivity (Wildman–Crippen MR) is 181 cm³/mol.